The van der Waals surface area contributed by atoms with E-state index in [-0.39, 0.29) is 30.6 Å². The number of likely N-dealkylation sites (tertiary alicyclic amines) is 1. The largest absolute Gasteiger partial charge is 0.444 e. The predicted octanol–water partition coefficient (Wildman–Crippen LogP) is 1.34. The summed E-state index contributed by atoms with van der Waals surface area (Å²) in [6.45, 7) is 6.97. The molecule has 1 aliphatic heterocycles. The van der Waals surface area contributed by atoms with E-state index in [4.69, 9.17) is 10.5 Å². The number of amides is 2. The van der Waals surface area contributed by atoms with Gasteiger partial charge >= 0.3 is 6.09 Å². The van der Waals surface area contributed by atoms with E-state index in [1.54, 1.807) is 4.90 Å². The molecule has 1 atom stereocenters. The fourth-order valence-corrected chi connectivity index (χ4v) is 2.80. The second kappa shape index (κ2) is 6.22. The Hall–Kier alpha value is -1.30. The van der Waals surface area contributed by atoms with Crippen LogP contribution in [-0.2, 0) is 9.53 Å². The smallest absolute Gasteiger partial charge is 0.410 e. The van der Waals surface area contributed by atoms with E-state index in [9.17, 15) is 9.59 Å². The maximum atomic E-state index is 12.5. The van der Waals surface area contributed by atoms with Gasteiger partial charge in [-0.25, -0.2) is 4.79 Å². The van der Waals surface area contributed by atoms with E-state index in [2.05, 4.69) is 0 Å². The molecule has 0 radical (unpaired) electrons. The lowest BCUT2D eigenvalue weighted by molar-refractivity contribution is -0.131. The topological polar surface area (TPSA) is 75.9 Å². The Morgan fingerprint density at radius 1 is 1.24 bits per heavy atom. The van der Waals surface area contributed by atoms with Gasteiger partial charge in [0, 0.05) is 19.1 Å². The van der Waals surface area contributed by atoms with Crippen molar-refractivity contribution in [3.8, 4) is 0 Å². The van der Waals surface area contributed by atoms with Crippen LogP contribution >= 0.6 is 0 Å². The molecular weight excluding hydrogens is 270 g/mol. The fourth-order valence-electron chi connectivity index (χ4n) is 2.80. The van der Waals surface area contributed by atoms with Crippen LogP contribution in [0, 0.1) is 0 Å². The highest BCUT2D eigenvalue weighted by Gasteiger charge is 2.41. The van der Waals surface area contributed by atoms with E-state index >= 15 is 0 Å². The highest BCUT2D eigenvalue weighted by molar-refractivity contribution is 5.78. The number of ether oxygens (including phenoxy) is 1. The zero-order chi connectivity index (χ0) is 15.6. The molecule has 1 aliphatic carbocycles. The number of piperidine rings is 1. The van der Waals surface area contributed by atoms with E-state index in [0.29, 0.717) is 6.54 Å². The second-order valence-electron chi connectivity index (χ2n) is 6.96. The summed E-state index contributed by atoms with van der Waals surface area (Å²) in [5.74, 6) is -0.0420. The molecule has 1 saturated heterocycles. The third-order valence-electron chi connectivity index (χ3n) is 3.86. The van der Waals surface area contributed by atoms with Gasteiger partial charge in [0.2, 0.25) is 5.91 Å². The summed E-state index contributed by atoms with van der Waals surface area (Å²) >= 11 is 0. The maximum Gasteiger partial charge on any atom is 0.410 e. The van der Waals surface area contributed by atoms with Gasteiger partial charge in [0.1, 0.15) is 5.60 Å². The molecule has 0 aromatic carbocycles. The molecule has 120 valence electrons. The first-order valence-electron chi connectivity index (χ1n) is 7.81. The van der Waals surface area contributed by atoms with E-state index in [1.807, 2.05) is 25.7 Å². The summed E-state index contributed by atoms with van der Waals surface area (Å²) in [6, 6.07) is 0.328. The van der Waals surface area contributed by atoms with Crippen molar-refractivity contribution < 1.29 is 14.3 Å². The van der Waals surface area contributed by atoms with Crippen LogP contribution in [0.3, 0.4) is 0 Å². The Morgan fingerprint density at radius 2 is 1.90 bits per heavy atom. The Bertz CT molecular complexity index is 401. The molecule has 6 heteroatoms. The summed E-state index contributed by atoms with van der Waals surface area (Å²) < 4.78 is 5.54. The quantitative estimate of drug-likeness (QED) is 0.853. The lowest BCUT2D eigenvalue weighted by atomic mass is 10.0. The highest BCUT2D eigenvalue weighted by Crippen LogP contribution is 2.32. The summed E-state index contributed by atoms with van der Waals surface area (Å²) in [5.41, 5.74) is 4.95. The molecule has 1 heterocycles. The van der Waals surface area contributed by atoms with Gasteiger partial charge in [0.05, 0.1) is 12.6 Å². The first-order chi connectivity index (χ1) is 9.81. The molecule has 2 N–H and O–H groups in total. The fraction of sp³-hybridized carbons (Fsp3) is 0.867. The molecule has 2 amide bonds. The number of hydrogen-bond acceptors (Lipinski definition) is 4. The summed E-state index contributed by atoms with van der Waals surface area (Å²) in [7, 11) is 0. The average Bonchev–Trinajstić information content (AvgIpc) is 3.21. The predicted molar refractivity (Wildman–Crippen MR) is 79.8 cm³/mol. The van der Waals surface area contributed by atoms with Crippen molar-refractivity contribution >= 4 is 12.0 Å². The Kier molecular flexibility index (Phi) is 4.76. The van der Waals surface area contributed by atoms with Crippen molar-refractivity contribution in [1.82, 2.24) is 9.80 Å². The lowest BCUT2D eigenvalue weighted by Gasteiger charge is -2.40. The molecule has 0 aromatic heterocycles. The van der Waals surface area contributed by atoms with E-state index < -0.39 is 5.60 Å². The normalized spacial score (nSPS) is 22.9. The van der Waals surface area contributed by atoms with E-state index in [1.165, 1.54) is 0 Å². The minimum Gasteiger partial charge on any atom is -0.444 e. The van der Waals surface area contributed by atoms with Gasteiger partial charge in [-0.2, -0.15) is 0 Å². The van der Waals surface area contributed by atoms with Crippen LogP contribution in [0.25, 0.3) is 0 Å². The van der Waals surface area contributed by atoms with Crippen molar-refractivity contribution in [2.45, 2.75) is 64.1 Å². The standard InChI is InChI=1S/C15H27N3O3/c1-15(2,3)21-14(20)18(11-6-7-11)12-5-4-8-17(10-12)13(19)9-16/h11-12H,4-10,16H2,1-3H3. The number of rotatable bonds is 3. The maximum absolute atomic E-state index is 12.5. The summed E-state index contributed by atoms with van der Waals surface area (Å²) in [6.07, 6.45) is 3.63. The summed E-state index contributed by atoms with van der Waals surface area (Å²) in [4.78, 5) is 27.9. The van der Waals surface area contributed by atoms with Crippen LogP contribution in [0.1, 0.15) is 46.5 Å². The number of hydrogen-bond donors (Lipinski definition) is 1. The minimum absolute atomic E-state index is 0.0303. The van der Waals surface area contributed by atoms with Crippen LogP contribution in [0.15, 0.2) is 0 Å². The van der Waals surface area contributed by atoms with Gasteiger partial charge in [0.25, 0.3) is 0 Å². The molecule has 6 nitrogen and oxygen atoms in total. The third kappa shape index (κ3) is 4.33. The van der Waals surface area contributed by atoms with Crippen molar-refractivity contribution in [2.75, 3.05) is 19.6 Å². The number of carbonyl (C=O) groups is 2. The first-order valence-corrected chi connectivity index (χ1v) is 7.81. The first kappa shape index (κ1) is 16.1. The van der Waals surface area contributed by atoms with Crippen molar-refractivity contribution in [3.05, 3.63) is 0 Å². The molecule has 0 bridgehead atoms. The Morgan fingerprint density at radius 3 is 2.43 bits per heavy atom. The van der Waals surface area contributed by atoms with Crippen molar-refractivity contribution in [2.24, 2.45) is 5.73 Å². The number of nitrogens with zero attached hydrogens (tertiary/aromatic N) is 2. The molecule has 2 fully saturated rings. The lowest BCUT2D eigenvalue weighted by Crippen LogP contribution is -2.54. The minimum atomic E-state index is -0.494. The van der Waals surface area contributed by atoms with Gasteiger partial charge in [-0.15, -0.1) is 0 Å². The van der Waals surface area contributed by atoms with Gasteiger partial charge < -0.3 is 20.3 Å². The second-order valence-corrected chi connectivity index (χ2v) is 6.96. The van der Waals surface area contributed by atoms with Crippen LogP contribution in [0.5, 0.6) is 0 Å². The highest BCUT2D eigenvalue weighted by atomic mass is 16.6. The van der Waals surface area contributed by atoms with Crippen molar-refractivity contribution in [3.63, 3.8) is 0 Å². The van der Waals surface area contributed by atoms with Crippen LogP contribution in [0.4, 0.5) is 4.79 Å². The van der Waals surface area contributed by atoms with Crippen LogP contribution in [-0.4, -0.2) is 59.1 Å². The van der Waals surface area contributed by atoms with Crippen LogP contribution < -0.4 is 5.73 Å². The average molecular weight is 297 g/mol. The molecule has 21 heavy (non-hydrogen) atoms. The SMILES string of the molecule is CC(C)(C)OC(=O)N(C1CC1)C1CCCN(C(=O)CN)C1. The molecule has 1 saturated carbocycles. The van der Waals surface area contributed by atoms with Gasteiger partial charge in [-0.3, -0.25) is 4.79 Å². The molecule has 2 rings (SSSR count). The Balaban J connectivity index is 2.04. The molecule has 0 spiro atoms. The van der Waals surface area contributed by atoms with Crippen molar-refractivity contribution in [1.29, 1.82) is 0 Å². The number of nitrogens with two attached hydrogens (primary N) is 1. The molecule has 1 unspecified atom stereocenters. The number of carbonyl (C=O) groups excluding carboxylic acids is 2. The summed E-state index contributed by atoms with van der Waals surface area (Å²) in [5, 5.41) is 0. The van der Waals surface area contributed by atoms with Gasteiger partial charge in [0.15, 0.2) is 0 Å². The van der Waals surface area contributed by atoms with Crippen LogP contribution in [0.2, 0.25) is 0 Å². The zero-order valence-electron chi connectivity index (χ0n) is 13.3. The zero-order valence-corrected chi connectivity index (χ0v) is 13.3. The monoisotopic (exact) mass is 297 g/mol. The molecule has 0 aromatic rings. The van der Waals surface area contributed by atoms with Gasteiger partial charge in [-0.1, -0.05) is 0 Å². The van der Waals surface area contributed by atoms with E-state index in [0.717, 1.165) is 32.2 Å². The Labute approximate surface area is 126 Å². The third-order valence-corrected chi connectivity index (χ3v) is 3.86. The van der Waals surface area contributed by atoms with Gasteiger partial charge in [-0.05, 0) is 46.5 Å². The molecule has 2 aliphatic rings. The molecular formula is C15H27N3O3.